The predicted octanol–water partition coefficient (Wildman–Crippen LogP) is 6.63. The van der Waals surface area contributed by atoms with Crippen LogP contribution in [0.25, 0.3) is 0 Å². The van der Waals surface area contributed by atoms with Crippen molar-refractivity contribution < 1.29 is 4.74 Å². The molecule has 4 rings (SSSR count). The normalized spacial score (nSPS) is 50.4. The molecule has 0 aromatic rings. The lowest BCUT2D eigenvalue weighted by Crippen LogP contribution is -2.50. The van der Waals surface area contributed by atoms with Crippen molar-refractivity contribution in [2.45, 2.75) is 91.6 Å². The quantitative estimate of drug-likeness (QED) is 0.522. The van der Waals surface area contributed by atoms with E-state index in [9.17, 15) is 0 Å². The first kappa shape index (κ1) is 18.1. The van der Waals surface area contributed by atoms with Crippen LogP contribution < -0.4 is 0 Å². The Morgan fingerprint density at radius 3 is 2.64 bits per heavy atom. The highest BCUT2D eigenvalue weighted by Crippen LogP contribution is 2.67. The lowest BCUT2D eigenvalue weighted by atomic mass is 9.47. The molecular weight excluding hydrogens is 304 g/mol. The first-order valence-corrected chi connectivity index (χ1v) is 11.2. The Balaban J connectivity index is 1.61. The van der Waals surface area contributed by atoms with Crippen LogP contribution >= 0.6 is 0 Å². The highest BCUT2D eigenvalue weighted by molar-refractivity contribution is 5.25. The zero-order valence-corrected chi connectivity index (χ0v) is 17.3. The highest BCUT2D eigenvalue weighted by Gasteiger charge is 2.58. The number of hydrogen-bond donors (Lipinski definition) is 0. The molecule has 0 amide bonds. The van der Waals surface area contributed by atoms with Crippen molar-refractivity contribution in [3.63, 3.8) is 0 Å². The zero-order chi connectivity index (χ0) is 17.8. The average molecular weight is 345 g/mol. The van der Waals surface area contributed by atoms with E-state index in [-0.39, 0.29) is 0 Å². The summed E-state index contributed by atoms with van der Waals surface area (Å²) in [5.74, 6) is 4.78. The third-order valence-electron chi connectivity index (χ3n) is 9.80. The first-order chi connectivity index (χ1) is 11.9. The summed E-state index contributed by atoms with van der Waals surface area (Å²) in [5.41, 5.74) is 2.86. The van der Waals surface area contributed by atoms with Crippen LogP contribution in [0.3, 0.4) is 0 Å². The number of allylic oxidation sites excluding steroid dienone is 1. The van der Waals surface area contributed by atoms with Gasteiger partial charge in [0.15, 0.2) is 0 Å². The fraction of sp³-hybridized carbons (Fsp3) is 0.917. The number of ether oxygens (including phenoxy) is 1. The Hall–Kier alpha value is -0.300. The van der Waals surface area contributed by atoms with Crippen molar-refractivity contribution in [3.8, 4) is 0 Å². The van der Waals surface area contributed by atoms with Crippen LogP contribution in [0.15, 0.2) is 11.6 Å². The van der Waals surface area contributed by atoms with Gasteiger partial charge >= 0.3 is 0 Å². The van der Waals surface area contributed by atoms with Gasteiger partial charge in [0, 0.05) is 7.11 Å². The second kappa shape index (κ2) is 6.39. The van der Waals surface area contributed by atoms with Crippen molar-refractivity contribution in [1.82, 2.24) is 0 Å². The lowest BCUT2D eigenvalue weighted by molar-refractivity contribution is -0.0597. The fourth-order valence-electron chi connectivity index (χ4n) is 8.09. The van der Waals surface area contributed by atoms with Gasteiger partial charge in [0.05, 0.1) is 6.10 Å². The molecule has 3 fully saturated rings. The number of methoxy groups -OCH3 is 1. The van der Waals surface area contributed by atoms with Crippen molar-refractivity contribution in [3.05, 3.63) is 11.6 Å². The van der Waals surface area contributed by atoms with Gasteiger partial charge in [-0.3, -0.25) is 0 Å². The molecule has 1 nitrogen and oxygen atoms in total. The van der Waals surface area contributed by atoms with E-state index in [1.807, 2.05) is 7.11 Å². The molecule has 4 aliphatic rings. The van der Waals surface area contributed by atoms with Crippen LogP contribution in [0.4, 0.5) is 0 Å². The predicted molar refractivity (Wildman–Crippen MR) is 105 cm³/mol. The van der Waals surface area contributed by atoms with Crippen LogP contribution in [-0.4, -0.2) is 13.2 Å². The van der Waals surface area contributed by atoms with Crippen LogP contribution in [0.5, 0.6) is 0 Å². The minimum absolute atomic E-state index is 0.478. The smallest absolute Gasteiger partial charge is 0.0608 e. The Morgan fingerprint density at radius 2 is 1.92 bits per heavy atom. The molecule has 0 aromatic heterocycles. The summed E-state index contributed by atoms with van der Waals surface area (Å²) in [6, 6.07) is 0. The standard InChI is InChI=1S/C24H40O/c1-6-16(2)20-9-10-21-19-8-7-17-15-18(25-5)11-13-23(17,3)22(19)12-14-24(20,21)4/h7,16,18-22H,6,8-15H2,1-5H3. The van der Waals surface area contributed by atoms with Crippen molar-refractivity contribution >= 4 is 0 Å². The third kappa shape index (κ3) is 2.59. The Morgan fingerprint density at radius 1 is 1.12 bits per heavy atom. The molecule has 142 valence electrons. The molecule has 3 saturated carbocycles. The molecule has 0 heterocycles. The molecule has 0 saturated heterocycles. The summed E-state index contributed by atoms with van der Waals surface area (Å²) in [6.07, 6.45) is 15.7. The van der Waals surface area contributed by atoms with E-state index in [1.165, 1.54) is 57.8 Å². The molecule has 0 aromatic carbocycles. The van der Waals surface area contributed by atoms with Crippen LogP contribution in [-0.2, 0) is 4.74 Å². The Bertz CT molecular complexity index is 536. The van der Waals surface area contributed by atoms with Crippen LogP contribution in [0.2, 0.25) is 0 Å². The molecule has 0 N–H and O–H groups in total. The first-order valence-electron chi connectivity index (χ1n) is 11.2. The summed E-state index contributed by atoms with van der Waals surface area (Å²) < 4.78 is 5.72. The second-order valence-electron chi connectivity index (χ2n) is 10.5. The molecule has 25 heavy (non-hydrogen) atoms. The van der Waals surface area contributed by atoms with Crippen LogP contribution in [0.1, 0.15) is 85.5 Å². The molecule has 0 spiro atoms. The summed E-state index contributed by atoms with van der Waals surface area (Å²) in [4.78, 5) is 0. The molecule has 8 atom stereocenters. The van der Waals surface area contributed by atoms with Gasteiger partial charge in [0.1, 0.15) is 0 Å². The molecular formula is C24H40O. The summed E-state index contributed by atoms with van der Waals surface area (Å²) in [6.45, 7) is 10.2. The Labute approximate surface area is 156 Å². The summed E-state index contributed by atoms with van der Waals surface area (Å²) in [5, 5.41) is 0. The van der Waals surface area contributed by atoms with Crippen LogP contribution in [0, 0.1) is 40.4 Å². The van der Waals surface area contributed by atoms with E-state index in [4.69, 9.17) is 4.74 Å². The van der Waals surface area contributed by atoms with E-state index < -0.39 is 0 Å². The number of rotatable bonds is 3. The third-order valence-corrected chi connectivity index (χ3v) is 9.80. The van der Waals surface area contributed by atoms with Gasteiger partial charge in [-0.15, -0.1) is 0 Å². The molecule has 0 radical (unpaired) electrons. The SMILES string of the molecule is CCC(C)C1CCC2C3CC=C4CC(OC)CCC4(C)C3CCC12C. The van der Waals surface area contributed by atoms with E-state index >= 15 is 0 Å². The highest BCUT2D eigenvalue weighted by atomic mass is 16.5. The molecule has 0 bridgehead atoms. The maximum Gasteiger partial charge on any atom is 0.0608 e. The summed E-state index contributed by atoms with van der Waals surface area (Å²) in [7, 11) is 1.90. The minimum Gasteiger partial charge on any atom is -0.381 e. The van der Waals surface area contributed by atoms with Gasteiger partial charge in [0.2, 0.25) is 0 Å². The van der Waals surface area contributed by atoms with E-state index in [2.05, 4.69) is 33.8 Å². The van der Waals surface area contributed by atoms with E-state index in [1.54, 1.807) is 5.57 Å². The van der Waals surface area contributed by atoms with Gasteiger partial charge < -0.3 is 4.74 Å². The lowest BCUT2D eigenvalue weighted by Gasteiger charge is -2.58. The molecule has 8 unspecified atom stereocenters. The monoisotopic (exact) mass is 344 g/mol. The second-order valence-corrected chi connectivity index (χ2v) is 10.5. The van der Waals surface area contributed by atoms with Crippen molar-refractivity contribution in [2.75, 3.05) is 7.11 Å². The topological polar surface area (TPSA) is 9.23 Å². The van der Waals surface area contributed by atoms with Gasteiger partial charge in [0.25, 0.3) is 0 Å². The van der Waals surface area contributed by atoms with Gasteiger partial charge in [-0.05, 0) is 91.8 Å². The van der Waals surface area contributed by atoms with Gasteiger partial charge in [-0.1, -0.05) is 45.8 Å². The van der Waals surface area contributed by atoms with E-state index in [0.717, 1.165) is 29.6 Å². The maximum absolute atomic E-state index is 5.72. The molecule has 1 heteroatoms. The van der Waals surface area contributed by atoms with Gasteiger partial charge in [-0.25, -0.2) is 0 Å². The molecule has 4 aliphatic carbocycles. The largest absolute Gasteiger partial charge is 0.381 e. The average Bonchev–Trinajstić information content (AvgIpc) is 2.97. The Kier molecular flexibility index (Phi) is 4.63. The molecule has 0 aliphatic heterocycles. The zero-order valence-electron chi connectivity index (χ0n) is 17.3. The van der Waals surface area contributed by atoms with Crippen molar-refractivity contribution in [1.29, 1.82) is 0 Å². The summed E-state index contributed by atoms with van der Waals surface area (Å²) >= 11 is 0. The number of hydrogen-bond acceptors (Lipinski definition) is 1. The number of fused-ring (bicyclic) bond motifs is 5. The van der Waals surface area contributed by atoms with Gasteiger partial charge in [-0.2, -0.15) is 0 Å². The maximum atomic E-state index is 5.72. The fourth-order valence-corrected chi connectivity index (χ4v) is 8.09. The minimum atomic E-state index is 0.478. The van der Waals surface area contributed by atoms with Crippen molar-refractivity contribution in [2.24, 2.45) is 40.4 Å². The van der Waals surface area contributed by atoms with E-state index in [0.29, 0.717) is 16.9 Å².